The second-order valence-electron chi connectivity index (χ2n) is 8.56. The molecule has 0 spiro atoms. The van der Waals surface area contributed by atoms with Crippen LogP contribution in [-0.2, 0) is 14.4 Å². The Labute approximate surface area is 188 Å². The molecule has 4 rings (SSSR count). The van der Waals surface area contributed by atoms with Gasteiger partial charge in [-0.1, -0.05) is 56.0 Å². The molecular weight excluding hydrogens is 500 g/mol. The molecule has 0 radical (unpaired) electrons. The van der Waals surface area contributed by atoms with Crippen LogP contribution in [0.5, 0.6) is 0 Å². The lowest BCUT2D eigenvalue weighted by molar-refractivity contribution is -0.140. The number of hydrogen-bond donors (Lipinski definition) is 1. The molecule has 2 saturated carbocycles. The number of fused-ring (bicyclic) bond motifs is 5. The minimum Gasteiger partial charge on any atom is -0.326 e. The van der Waals surface area contributed by atoms with Gasteiger partial charge in [-0.15, -0.1) is 0 Å². The number of nitrogens with zero attached hydrogens (tertiary/aromatic N) is 1. The van der Waals surface area contributed by atoms with E-state index < -0.39 is 0 Å². The summed E-state index contributed by atoms with van der Waals surface area (Å²) in [6.07, 6.45) is 3.73. The number of benzene rings is 1. The summed E-state index contributed by atoms with van der Waals surface area (Å²) in [6, 6.07) is 7.74. The van der Waals surface area contributed by atoms with Gasteiger partial charge in [0.25, 0.3) is 0 Å². The van der Waals surface area contributed by atoms with Crippen molar-refractivity contribution in [2.75, 3.05) is 11.9 Å². The largest absolute Gasteiger partial charge is 0.326 e. The Kier molecular flexibility index (Phi) is 6.17. The number of carbonyl (C=O) groups is 3. The Morgan fingerprint density at radius 2 is 1.59 bits per heavy atom. The predicted octanol–water partition coefficient (Wildman–Crippen LogP) is 4.27. The molecule has 29 heavy (non-hydrogen) atoms. The van der Waals surface area contributed by atoms with Gasteiger partial charge in [-0.3, -0.25) is 19.3 Å². The molecule has 3 aliphatic rings. The van der Waals surface area contributed by atoms with Crippen LogP contribution in [0.2, 0.25) is 0 Å². The molecular formula is C22H26Br2N2O3. The number of amides is 3. The number of anilines is 1. The van der Waals surface area contributed by atoms with Crippen molar-refractivity contribution in [3.8, 4) is 0 Å². The van der Waals surface area contributed by atoms with Crippen LogP contribution in [0.1, 0.15) is 37.7 Å². The lowest BCUT2D eigenvalue weighted by Gasteiger charge is -2.28. The third-order valence-electron chi connectivity index (χ3n) is 6.70. The van der Waals surface area contributed by atoms with E-state index in [0.29, 0.717) is 13.0 Å². The molecule has 0 aromatic heterocycles. The molecule has 7 heteroatoms. The number of halogens is 2. The zero-order valence-corrected chi connectivity index (χ0v) is 19.6. The Morgan fingerprint density at radius 1 is 1.00 bits per heavy atom. The van der Waals surface area contributed by atoms with Crippen molar-refractivity contribution >= 4 is 55.3 Å². The number of imide groups is 1. The first-order valence-electron chi connectivity index (χ1n) is 10.4. The Morgan fingerprint density at radius 3 is 2.17 bits per heavy atom. The SMILES string of the molecule is Cc1ccc(NC(=O)CCCCCN2C(=O)[C@@H]3[C@H]4C[C@@H]([C@H](Br)[C@H]4Br)[C@H]3C2=O)cc1. The normalized spacial score (nSPS) is 32.7. The first-order valence-corrected chi connectivity index (χ1v) is 12.2. The predicted molar refractivity (Wildman–Crippen MR) is 119 cm³/mol. The number of likely N-dealkylation sites (tertiary alicyclic amines) is 1. The lowest BCUT2D eigenvalue weighted by Crippen LogP contribution is -2.37. The monoisotopic (exact) mass is 524 g/mol. The van der Waals surface area contributed by atoms with E-state index in [0.717, 1.165) is 36.9 Å². The molecule has 156 valence electrons. The van der Waals surface area contributed by atoms with Crippen LogP contribution in [0.3, 0.4) is 0 Å². The summed E-state index contributed by atoms with van der Waals surface area (Å²) in [5.41, 5.74) is 1.97. The topological polar surface area (TPSA) is 66.5 Å². The van der Waals surface area contributed by atoms with Gasteiger partial charge in [0.15, 0.2) is 0 Å². The number of aryl methyl sites for hydroxylation is 1. The molecule has 1 N–H and O–H groups in total. The van der Waals surface area contributed by atoms with Crippen molar-refractivity contribution in [3.63, 3.8) is 0 Å². The number of carbonyl (C=O) groups excluding carboxylic acids is 3. The Bertz CT molecular complexity index is 781. The van der Waals surface area contributed by atoms with Crippen LogP contribution in [0.4, 0.5) is 5.69 Å². The Hall–Kier alpha value is -1.21. The van der Waals surface area contributed by atoms with E-state index in [4.69, 9.17) is 0 Å². The third kappa shape index (κ3) is 3.92. The number of unbranched alkanes of at least 4 members (excludes halogenated alkanes) is 2. The quantitative estimate of drug-likeness (QED) is 0.328. The van der Waals surface area contributed by atoms with Crippen LogP contribution >= 0.6 is 31.9 Å². The second kappa shape index (κ2) is 8.50. The van der Waals surface area contributed by atoms with Crippen molar-refractivity contribution in [2.45, 2.75) is 48.7 Å². The van der Waals surface area contributed by atoms with Crippen molar-refractivity contribution in [1.29, 1.82) is 0 Å². The molecule has 3 amide bonds. The minimum atomic E-state index is -0.133. The summed E-state index contributed by atoms with van der Waals surface area (Å²) < 4.78 is 0. The molecule has 1 heterocycles. The maximum absolute atomic E-state index is 12.8. The summed E-state index contributed by atoms with van der Waals surface area (Å²) in [6.45, 7) is 2.49. The smallest absolute Gasteiger partial charge is 0.233 e. The first kappa shape index (κ1) is 21.0. The van der Waals surface area contributed by atoms with Crippen LogP contribution in [0.15, 0.2) is 24.3 Å². The molecule has 5 nitrogen and oxygen atoms in total. The fourth-order valence-electron chi connectivity index (χ4n) is 5.22. The van der Waals surface area contributed by atoms with Gasteiger partial charge in [-0.05, 0) is 50.2 Å². The second-order valence-corrected chi connectivity index (χ2v) is 10.7. The van der Waals surface area contributed by atoms with E-state index in [9.17, 15) is 14.4 Å². The molecule has 1 aromatic rings. The van der Waals surface area contributed by atoms with Gasteiger partial charge in [0, 0.05) is 28.3 Å². The number of hydrogen-bond acceptors (Lipinski definition) is 3. The van der Waals surface area contributed by atoms with E-state index in [1.54, 1.807) is 0 Å². The Balaban J connectivity index is 1.20. The van der Waals surface area contributed by atoms with Crippen molar-refractivity contribution in [1.82, 2.24) is 4.90 Å². The van der Waals surface area contributed by atoms with E-state index in [-0.39, 0.29) is 51.0 Å². The zero-order chi connectivity index (χ0) is 20.7. The van der Waals surface area contributed by atoms with E-state index in [1.807, 2.05) is 31.2 Å². The van der Waals surface area contributed by atoms with E-state index >= 15 is 0 Å². The summed E-state index contributed by atoms with van der Waals surface area (Å²) in [7, 11) is 0. The van der Waals surface area contributed by atoms with Crippen LogP contribution < -0.4 is 5.32 Å². The van der Waals surface area contributed by atoms with Crippen molar-refractivity contribution in [2.24, 2.45) is 23.7 Å². The highest BCUT2D eigenvalue weighted by Crippen LogP contribution is 2.60. The molecule has 1 aromatic carbocycles. The lowest BCUT2D eigenvalue weighted by atomic mass is 9.81. The number of nitrogens with one attached hydrogen (secondary N) is 1. The highest BCUT2D eigenvalue weighted by atomic mass is 79.9. The fraction of sp³-hybridized carbons (Fsp3) is 0.591. The van der Waals surface area contributed by atoms with Gasteiger partial charge in [0.2, 0.25) is 17.7 Å². The summed E-state index contributed by atoms with van der Waals surface area (Å²) >= 11 is 7.42. The van der Waals surface area contributed by atoms with Gasteiger partial charge in [0.1, 0.15) is 0 Å². The highest BCUT2D eigenvalue weighted by Gasteiger charge is 2.66. The third-order valence-corrected chi connectivity index (χ3v) is 9.91. The molecule has 3 fully saturated rings. The maximum atomic E-state index is 12.8. The van der Waals surface area contributed by atoms with Gasteiger partial charge in [-0.25, -0.2) is 0 Å². The zero-order valence-electron chi connectivity index (χ0n) is 16.4. The minimum absolute atomic E-state index is 0.0000100. The van der Waals surface area contributed by atoms with Crippen LogP contribution in [0.25, 0.3) is 0 Å². The van der Waals surface area contributed by atoms with Gasteiger partial charge < -0.3 is 5.32 Å². The number of rotatable bonds is 7. The van der Waals surface area contributed by atoms with Crippen LogP contribution in [0, 0.1) is 30.6 Å². The average Bonchev–Trinajstić information content (AvgIpc) is 3.29. The van der Waals surface area contributed by atoms with Crippen molar-refractivity contribution < 1.29 is 14.4 Å². The summed E-state index contributed by atoms with van der Waals surface area (Å²) in [5.74, 6) is 0.307. The fourth-order valence-corrected chi connectivity index (χ4v) is 7.10. The molecule has 6 atom stereocenters. The molecule has 1 aliphatic heterocycles. The highest BCUT2D eigenvalue weighted by molar-refractivity contribution is 9.12. The van der Waals surface area contributed by atoms with Crippen LogP contribution in [-0.4, -0.2) is 38.8 Å². The molecule has 0 unspecified atom stereocenters. The summed E-state index contributed by atoms with van der Waals surface area (Å²) in [4.78, 5) is 39.8. The molecule has 2 bridgehead atoms. The maximum Gasteiger partial charge on any atom is 0.233 e. The van der Waals surface area contributed by atoms with Gasteiger partial charge in [-0.2, -0.15) is 0 Å². The van der Waals surface area contributed by atoms with Gasteiger partial charge in [0.05, 0.1) is 11.8 Å². The standard InChI is InChI=1S/C22H26Br2N2O3/c1-12-6-8-13(9-7-12)25-16(27)5-3-2-4-10-26-21(28)17-14-11-15(18(17)22(26)29)20(24)19(14)23/h6-9,14-15,17-20H,2-5,10-11H2,1H3,(H,25,27)/t14-,15-,17-,18-,19+,20+/m1/s1. The van der Waals surface area contributed by atoms with E-state index in [1.165, 1.54) is 4.90 Å². The molecule has 2 aliphatic carbocycles. The van der Waals surface area contributed by atoms with Crippen molar-refractivity contribution in [3.05, 3.63) is 29.8 Å². The molecule has 1 saturated heterocycles. The first-order chi connectivity index (χ1) is 13.9. The number of alkyl halides is 2. The summed E-state index contributed by atoms with van der Waals surface area (Å²) in [5, 5.41) is 2.90. The average molecular weight is 526 g/mol. The van der Waals surface area contributed by atoms with E-state index in [2.05, 4.69) is 37.2 Å². The van der Waals surface area contributed by atoms with Gasteiger partial charge >= 0.3 is 0 Å².